The molecule has 0 aliphatic carbocycles. The number of anilines is 1. The molecule has 122 valence electrons. The molecule has 1 amide bonds. The first-order valence-electron chi connectivity index (χ1n) is 7.66. The molecule has 1 aromatic heterocycles. The molecule has 0 aliphatic rings. The monoisotopic (exact) mass is 322 g/mol. The van der Waals surface area contributed by atoms with Gasteiger partial charge < -0.3 is 11.1 Å². The third-order valence-corrected chi connectivity index (χ3v) is 3.51. The molecular weight excluding hydrogens is 304 g/mol. The third kappa shape index (κ3) is 4.02. The van der Waals surface area contributed by atoms with E-state index < -0.39 is 0 Å². The fraction of sp³-hybridized carbons (Fsp3) is 0.176. The van der Waals surface area contributed by atoms with Crippen LogP contribution in [0.3, 0.4) is 0 Å². The van der Waals surface area contributed by atoms with E-state index in [1.54, 1.807) is 4.80 Å². The van der Waals surface area contributed by atoms with Gasteiger partial charge in [0.25, 0.3) is 0 Å². The molecule has 3 N–H and O–H groups in total. The number of aromatic nitrogens is 4. The number of aryl methyl sites for hydroxylation is 2. The van der Waals surface area contributed by atoms with Crippen LogP contribution in [0.5, 0.6) is 0 Å². The van der Waals surface area contributed by atoms with Crippen molar-refractivity contribution < 1.29 is 4.79 Å². The van der Waals surface area contributed by atoms with Crippen molar-refractivity contribution >= 4 is 11.6 Å². The van der Waals surface area contributed by atoms with Crippen molar-refractivity contribution in [1.82, 2.24) is 20.2 Å². The minimum Gasteiger partial charge on any atom is -0.325 e. The molecular formula is C17H18N6O. The molecule has 0 spiro atoms. The smallest absolute Gasteiger partial charge is 0.238 e. The molecule has 0 saturated carbocycles. The predicted octanol–water partition coefficient (Wildman–Crippen LogP) is 1.48. The Labute approximate surface area is 139 Å². The summed E-state index contributed by atoms with van der Waals surface area (Å²) in [5.74, 6) is 0.415. The molecule has 24 heavy (non-hydrogen) atoms. The first-order chi connectivity index (χ1) is 11.7. The highest BCUT2D eigenvalue weighted by atomic mass is 16.1. The summed E-state index contributed by atoms with van der Waals surface area (Å²) in [6, 6.07) is 17.4. The molecule has 0 atom stereocenters. The van der Waals surface area contributed by atoms with Crippen molar-refractivity contribution in [2.75, 3.05) is 11.9 Å². The van der Waals surface area contributed by atoms with E-state index in [2.05, 4.69) is 20.7 Å². The molecule has 3 rings (SSSR count). The Kier molecular flexibility index (Phi) is 4.93. The predicted molar refractivity (Wildman–Crippen MR) is 91.1 cm³/mol. The minimum absolute atomic E-state index is 0.0243. The Morgan fingerprint density at radius 3 is 2.54 bits per heavy atom. The Morgan fingerprint density at radius 1 is 1.08 bits per heavy atom. The number of rotatable bonds is 6. The molecule has 7 heteroatoms. The molecule has 7 nitrogen and oxygen atoms in total. The summed E-state index contributed by atoms with van der Waals surface area (Å²) in [5, 5.41) is 15.3. The number of nitrogens with two attached hydrogens (primary N) is 1. The number of tetrazole rings is 1. The van der Waals surface area contributed by atoms with Gasteiger partial charge in [-0.05, 0) is 29.3 Å². The Balaban J connectivity index is 1.58. The minimum atomic E-state index is -0.206. The third-order valence-electron chi connectivity index (χ3n) is 3.51. The maximum absolute atomic E-state index is 11.2. The van der Waals surface area contributed by atoms with Crippen molar-refractivity contribution in [3.05, 3.63) is 60.2 Å². The zero-order valence-corrected chi connectivity index (χ0v) is 13.1. The largest absolute Gasteiger partial charge is 0.325 e. The average Bonchev–Trinajstić information content (AvgIpc) is 3.11. The summed E-state index contributed by atoms with van der Waals surface area (Å²) in [5.41, 5.74) is 8.08. The van der Waals surface area contributed by atoms with Crippen LogP contribution in [0.1, 0.15) is 5.56 Å². The summed E-state index contributed by atoms with van der Waals surface area (Å²) >= 11 is 0. The van der Waals surface area contributed by atoms with Crippen LogP contribution in [0.4, 0.5) is 5.69 Å². The van der Waals surface area contributed by atoms with Gasteiger partial charge in [0.2, 0.25) is 11.7 Å². The van der Waals surface area contributed by atoms with Crippen LogP contribution in [-0.2, 0) is 17.8 Å². The number of hydrogen-bond acceptors (Lipinski definition) is 5. The molecule has 0 aliphatic heterocycles. The number of carbonyl (C=O) groups excluding carboxylic acids is 1. The van der Waals surface area contributed by atoms with Crippen LogP contribution < -0.4 is 11.1 Å². The SMILES string of the molecule is NCC(=O)Nc1ccc(CCn2nnc(-c3ccccc3)n2)cc1. The van der Waals surface area contributed by atoms with Gasteiger partial charge in [-0.3, -0.25) is 4.79 Å². The molecule has 0 unspecified atom stereocenters. The van der Waals surface area contributed by atoms with Gasteiger partial charge in [0.1, 0.15) is 0 Å². The highest BCUT2D eigenvalue weighted by molar-refractivity contribution is 5.92. The van der Waals surface area contributed by atoms with Crippen molar-refractivity contribution in [2.45, 2.75) is 13.0 Å². The fourth-order valence-electron chi connectivity index (χ4n) is 2.24. The summed E-state index contributed by atoms with van der Waals surface area (Å²) in [4.78, 5) is 12.8. The van der Waals surface area contributed by atoms with E-state index in [1.165, 1.54) is 0 Å². The van der Waals surface area contributed by atoms with Gasteiger partial charge in [0, 0.05) is 11.3 Å². The number of nitrogens with one attached hydrogen (secondary N) is 1. The molecule has 0 radical (unpaired) electrons. The van der Waals surface area contributed by atoms with E-state index in [1.807, 2.05) is 54.6 Å². The van der Waals surface area contributed by atoms with Crippen LogP contribution >= 0.6 is 0 Å². The van der Waals surface area contributed by atoms with Crippen molar-refractivity contribution in [3.8, 4) is 11.4 Å². The number of benzene rings is 2. The van der Waals surface area contributed by atoms with Gasteiger partial charge in [0.05, 0.1) is 13.1 Å². The second-order valence-corrected chi connectivity index (χ2v) is 5.27. The topological polar surface area (TPSA) is 98.7 Å². The van der Waals surface area contributed by atoms with E-state index in [4.69, 9.17) is 5.73 Å². The van der Waals surface area contributed by atoms with E-state index >= 15 is 0 Å². The van der Waals surface area contributed by atoms with Crippen LogP contribution in [0.15, 0.2) is 54.6 Å². The molecule has 0 bridgehead atoms. The number of carbonyl (C=O) groups is 1. The van der Waals surface area contributed by atoms with Gasteiger partial charge in [0.15, 0.2) is 0 Å². The van der Waals surface area contributed by atoms with E-state index in [0.29, 0.717) is 12.4 Å². The second kappa shape index (κ2) is 7.47. The quantitative estimate of drug-likeness (QED) is 0.716. The number of hydrogen-bond donors (Lipinski definition) is 2. The van der Waals surface area contributed by atoms with Crippen LogP contribution in [-0.4, -0.2) is 32.7 Å². The molecule has 1 heterocycles. The van der Waals surface area contributed by atoms with Crippen LogP contribution in [0.2, 0.25) is 0 Å². The Bertz CT molecular complexity index is 797. The maximum atomic E-state index is 11.2. The van der Waals surface area contributed by atoms with Crippen molar-refractivity contribution in [1.29, 1.82) is 0 Å². The summed E-state index contributed by atoms with van der Waals surface area (Å²) in [7, 11) is 0. The van der Waals surface area contributed by atoms with Gasteiger partial charge in [-0.2, -0.15) is 4.80 Å². The van der Waals surface area contributed by atoms with E-state index in [-0.39, 0.29) is 12.5 Å². The molecule has 0 saturated heterocycles. The highest BCUT2D eigenvalue weighted by Crippen LogP contribution is 2.13. The summed E-state index contributed by atoms with van der Waals surface area (Å²) in [6.07, 6.45) is 0.774. The Hall–Kier alpha value is -3.06. The van der Waals surface area contributed by atoms with Gasteiger partial charge >= 0.3 is 0 Å². The summed E-state index contributed by atoms with van der Waals surface area (Å²) in [6.45, 7) is 0.609. The molecule has 2 aromatic carbocycles. The fourth-order valence-corrected chi connectivity index (χ4v) is 2.24. The molecule has 3 aromatic rings. The van der Waals surface area contributed by atoms with Gasteiger partial charge in [-0.1, -0.05) is 42.5 Å². The van der Waals surface area contributed by atoms with Crippen molar-refractivity contribution in [3.63, 3.8) is 0 Å². The van der Waals surface area contributed by atoms with Gasteiger partial charge in [-0.25, -0.2) is 0 Å². The highest BCUT2D eigenvalue weighted by Gasteiger charge is 2.05. The van der Waals surface area contributed by atoms with E-state index in [0.717, 1.165) is 23.2 Å². The number of amides is 1. The lowest BCUT2D eigenvalue weighted by Crippen LogP contribution is -2.21. The second-order valence-electron chi connectivity index (χ2n) is 5.27. The number of nitrogens with zero attached hydrogens (tertiary/aromatic N) is 4. The zero-order chi connectivity index (χ0) is 16.8. The zero-order valence-electron chi connectivity index (χ0n) is 13.1. The summed E-state index contributed by atoms with van der Waals surface area (Å²) < 4.78 is 0. The lowest BCUT2D eigenvalue weighted by atomic mass is 10.1. The lowest BCUT2D eigenvalue weighted by Gasteiger charge is -2.05. The molecule has 0 fully saturated rings. The van der Waals surface area contributed by atoms with E-state index in [9.17, 15) is 4.79 Å². The first kappa shape index (κ1) is 15.8. The maximum Gasteiger partial charge on any atom is 0.238 e. The standard InChI is InChI=1S/C17H18N6O/c18-12-16(24)19-15-8-6-13(7-9-15)10-11-23-21-17(20-22-23)14-4-2-1-3-5-14/h1-9H,10-12,18H2,(H,19,24). The average molecular weight is 322 g/mol. The van der Waals surface area contributed by atoms with Crippen LogP contribution in [0.25, 0.3) is 11.4 Å². The lowest BCUT2D eigenvalue weighted by molar-refractivity contribution is -0.114. The van der Waals surface area contributed by atoms with Gasteiger partial charge in [-0.15, -0.1) is 10.2 Å². The van der Waals surface area contributed by atoms with Crippen molar-refractivity contribution in [2.24, 2.45) is 5.73 Å². The first-order valence-corrected chi connectivity index (χ1v) is 7.66. The van der Waals surface area contributed by atoms with Crippen LogP contribution in [0, 0.1) is 0 Å². The Morgan fingerprint density at radius 2 is 1.83 bits per heavy atom. The normalized spacial score (nSPS) is 10.5.